The van der Waals surface area contributed by atoms with Gasteiger partial charge in [-0.15, -0.1) is 0 Å². The van der Waals surface area contributed by atoms with E-state index in [4.69, 9.17) is 13.8 Å². The molecule has 152 valence electrons. The maximum absolute atomic E-state index is 13.4. The summed E-state index contributed by atoms with van der Waals surface area (Å²) in [5.41, 5.74) is 0. The van der Waals surface area contributed by atoms with Crippen LogP contribution >= 0.6 is 7.60 Å². The minimum absolute atomic E-state index is 0.100. The Morgan fingerprint density at radius 3 is 1.82 bits per heavy atom. The van der Waals surface area contributed by atoms with Crippen LogP contribution in [0.15, 0.2) is 60.7 Å². The van der Waals surface area contributed by atoms with Crippen LogP contribution in [-0.2, 0) is 9.30 Å². The van der Waals surface area contributed by atoms with Crippen LogP contribution in [0.4, 0.5) is 0 Å². The van der Waals surface area contributed by atoms with E-state index in [9.17, 15) is 19.9 Å². The molecule has 0 amide bonds. The van der Waals surface area contributed by atoms with E-state index < -0.39 is 32.0 Å². The number of hydrogen-bond donors (Lipinski definition) is 3. The summed E-state index contributed by atoms with van der Waals surface area (Å²) in [5, 5.41) is 29.1. The van der Waals surface area contributed by atoms with Crippen LogP contribution in [0.2, 0.25) is 0 Å². The molecular formula is C20H25O7P. The molecule has 0 bridgehead atoms. The maximum Gasteiger partial charge on any atom is 0.430 e. The first-order valence-electron chi connectivity index (χ1n) is 9.21. The van der Waals surface area contributed by atoms with Crippen LogP contribution in [0, 0.1) is 0 Å². The number of aliphatic hydroxyl groups excluding tert-OH is 3. The zero-order valence-electron chi connectivity index (χ0n) is 15.3. The van der Waals surface area contributed by atoms with Gasteiger partial charge in [0.2, 0.25) is 0 Å². The molecule has 1 fully saturated rings. The third-order valence-electron chi connectivity index (χ3n) is 4.54. The smallest absolute Gasteiger partial charge is 0.416 e. The molecule has 1 heterocycles. The largest absolute Gasteiger partial charge is 0.430 e. The summed E-state index contributed by atoms with van der Waals surface area (Å²) in [5.74, 6) is 0.879. The molecule has 0 saturated carbocycles. The first-order chi connectivity index (χ1) is 13.5. The van der Waals surface area contributed by atoms with Gasteiger partial charge in [0.15, 0.2) is 0 Å². The second-order valence-electron chi connectivity index (χ2n) is 6.66. The van der Waals surface area contributed by atoms with Gasteiger partial charge in [-0.05, 0) is 37.1 Å². The highest BCUT2D eigenvalue weighted by molar-refractivity contribution is 7.54. The van der Waals surface area contributed by atoms with Crippen molar-refractivity contribution in [1.29, 1.82) is 0 Å². The lowest BCUT2D eigenvalue weighted by Crippen LogP contribution is -2.33. The summed E-state index contributed by atoms with van der Waals surface area (Å²) in [6, 6.07) is 17.6. The Labute approximate surface area is 164 Å². The summed E-state index contributed by atoms with van der Waals surface area (Å²) in [7, 11) is -3.53. The number of benzene rings is 2. The Morgan fingerprint density at radius 2 is 1.36 bits per heavy atom. The molecule has 3 N–H and O–H groups in total. The SMILES string of the molecule is O=P(CCC[C@@H]1O[C@H](CO)[C@@H](O)[C@@H]1O)(Oc1ccccc1)Oc1ccccc1. The van der Waals surface area contributed by atoms with Gasteiger partial charge >= 0.3 is 7.60 Å². The molecule has 0 radical (unpaired) electrons. The fourth-order valence-corrected chi connectivity index (χ4v) is 4.77. The number of aliphatic hydroxyl groups is 3. The molecule has 28 heavy (non-hydrogen) atoms. The summed E-state index contributed by atoms with van der Waals surface area (Å²) in [4.78, 5) is 0. The number of hydrogen-bond acceptors (Lipinski definition) is 7. The van der Waals surface area contributed by atoms with Gasteiger partial charge in [0.25, 0.3) is 0 Å². The van der Waals surface area contributed by atoms with Crippen molar-refractivity contribution in [3.8, 4) is 11.5 Å². The molecule has 2 aromatic rings. The number of para-hydroxylation sites is 2. The van der Waals surface area contributed by atoms with E-state index in [1.165, 1.54) is 0 Å². The van der Waals surface area contributed by atoms with Crippen LogP contribution in [0.5, 0.6) is 11.5 Å². The van der Waals surface area contributed by atoms with E-state index in [1.54, 1.807) is 48.5 Å². The van der Waals surface area contributed by atoms with Crippen LogP contribution < -0.4 is 9.05 Å². The summed E-state index contributed by atoms with van der Waals surface area (Å²) >= 11 is 0. The van der Waals surface area contributed by atoms with Crippen molar-refractivity contribution in [2.45, 2.75) is 37.3 Å². The average Bonchev–Trinajstić information content (AvgIpc) is 2.97. The molecule has 8 heteroatoms. The van der Waals surface area contributed by atoms with Crippen molar-refractivity contribution >= 4 is 7.60 Å². The zero-order valence-corrected chi connectivity index (χ0v) is 16.2. The molecule has 1 aliphatic heterocycles. The Kier molecular flexibility index (Phi) is 7.10. The number of ether oxygens (including phenoxy) is 1. The number of rotatable bonds is 9. The molecule has 3 rings (SSSR count). The fraction of sp³-hybridized carbons (Fsp3) is 0.400. The summed E-state index contributed by atoms with van der Waals surface area (Å²) in [6.07, 6.45) is -2.87. The second-order valence-corrected chi connectivity index (χ2v) is 8.70. The highest BCUT2D eigenvalue weighted by Crippen LogP contribution is 2.49. The molecule has 2 aromatic carbocycles. The Morgan fingerprint density at radius 1 is 0.857 bits per heavy atom. The van der Waals surface area contributed by atoms with Gasteiger partial charge in [0.1, 0.15) is 29.8 Å². The molecular weight excluding hydrogens is 383 g/mol. The standard InChI is InChI=1S/C20H25O7P/c21-14-18-20(23)19(22)17(25-18)12-7-13-28(24,26-15-8-3-1-4-9-15)27-16-10-5-2-6-11-16/h1-6,8-11,17-23H,7,12-14H2/t17-,18+,19+,20+/m0/s1. The lowest BCUT2D eigenvalue weighted by Gasteiger charge is -2.21. The summed E-state index contributed by atoms with van der Waals surface area (Å²) < 4.78 is 30.2. The highest BCUT2D eigenvalue weighted by atomic mass is 31.2. The third-order valence-corrected chi connectivity index (χ3v) is 6.38. The van der Waals surface area contributed by atoms with E-state index >= 15 is 0 Å². The molecule has 1 saturated heterocycles. The lowest BCUT2D eigenvalue weighted by atomic mass is 10.1. The van der Waals surface area contributed by atoms with E-state index in [0.29, 0.717) is 24.3 Å². The molecule has 0 unspecified atom stereocenters. The van der Waals surface area contributed by atoms with Crippen LogP contribution in [0.1, 0.15) is 12.8 Å². The monoisotopic (exact) mass is 408 g/mol. The Bertz CT molecular complexity index is 725. The average molecular weight is 408 g/mol. The first-order valence-corrected chi connectivity index (χ1v) is 10.9. The third kappa shape index (κ3) is 5.34. The molecule has 4 atom stereocenters. The minimum Gasteiger partial charge on any atom is -0.416 e. The maximum atomic E-state index is 13.4. The predicted molar refractivity (Wildman–Crippen MR) is 104 cm³/mol. The zero-order chi connectivity index (χ0) is 20.0. The van der Waals surface area contributed by atoms with E-state index in [-0.39, 0.29) is 12.8 Å². The normalized spacial score (nSPS) is 24.8. The lowest BCUT2D eigenvalue weighted by molar-refractivity contribution is -0.0241. The predicted octanol–water partition coefficient (Wildman–Crippen LogP) is 2.60. The van der Waals surface area contributed by atoms with Gasteiger partial charge in [0.05, 0.1) is 18.9 Å². The van der Waals surface area contributed by atoms with Crippen molar-refractivity contribution in [3.63, 3.8) is 0 Å². The Balaban J connectivity index is 1.65. The van der Waals surface area contributed by atoms with Crippen LogP contribution in [0.3, 0.4) is 0 Å². The van der Waals surface area contributed by atoms with Crippen LogP contribution in [0.25, 0.3) is 0 Å². The Hall–Kier alpha value is -1.89. The highest BCUT2D eigenvalue weighted by Gasteiger charge is 2.42. The molecule has 0 spiro atoms. The van der Waals surface area contributed by atoms with Crippen molar-refractivity contribution in [2.75, 3.05) is 12.8 Å². The van der Waals surface area contributed by atoms with Gasteiger partial charge < -0.3 is 29.1 Å². The van der Waals surface area contributed by atoms with E-state index in [0.717, 1.165) is 0 Å². The minimum atomic E-state index is -3.53. The van der Waals surface area contributed by atoms with Gasteiger partial charge in [-0.3, -0.25) is 0 Å². The van der Waals surface area contributed by atoms with Crippen molar-refractivity contribution in [3.05, 3.63) is 60.7 Å². The first kappa shape index (κ1) is 20.8. The van der Waals surface area contributed by atoms with Crippen LogP contribution in [-0.4, -0.2) is 52.5 Å². The molecule has 1 aliphatic rings. The van der Waals surface area contributed by atoms with Crippen molar-refractivity contribution < 1.29 is 33.7 Å². The topological polar surface area (TPSA) is 105 Å². The van der Waals surface area contributed by atoms with E-state index in [1.807, 2.05) is 12.1 Å². The van der Waals surface area contributed by atoms with Gasteiger partial charge in [-0.25, -0.2) is 4.57 Å². The van der Waals surface area contributed by atoms with Crippen molar-refractivity contribution in [2.24, 2.45) is 0 Å². The summed E-state index contributed by atoms with van der Waals surface area (Å²) in [6.45, 7) is -0.374. The molecule has 0 aromatic heterocycles. The second kappa shape index (κ2) is 9.54. The van der Waals surface area contributed by atoms with Gasteiger partial charge in [0, 0.05) is 0 Å². The van der Waals surface area contributed by atoms with Gasteiger partial charge in [-0.2, -0.15) is 0 Å². The van der Waals surface area contributed by atoms with E-state index in [2.05, 4.69) is 0 Å². The van der Waals surface area contributed by atoms with Gasteiger partial charge in [-0.1, -0.05) is 36.4 Å². The van der Waals surface area contributed by atoms with Crippen molar-refractivity contribution in [1.82, 2.24) is 0 Å². The quantitative estimate of drug-likeness (QED) is 0.548. The fourth-order valence-electron chi connectivity index (χ4n) is 3.10. The molecule has 7 nitrogen and oxygen atoms in total. The molecule has 0 aliphatic carbocycles.